The Kier molecular flexibility index (Phi) is 6.07. The molecule has 4 heteroatoms. The Morgan fingerprint density at radius 1 is 1.45 bits per heavy atom. The molecular weight excluding hydrogens is 252 g/mol. The average Bonchev–Trinajstić information content (AvgIpc) is 2.77. The molecule has 1 unspecified atom stereocenters. The first-order chi connectivity index (χ1) is 9.72. The van der Waals surface area contributed by atoms with Crippen molar-refractivity contribution in [3.05, 3.63) is 23.2 Å². The lowest BCUT2D eigenvalue weighted by Crippen LogP contribution is -2.39. The molecule has 0 radical (unpaired) electrons. The Labute approximate surface area is 122 Å². The quantitative estimate of drug-likeness (QED) is 0.833. The summed E-state index contributed by atoms with van der Waals surface area (Å²) in [6.07, 6.45) is 2.80. The molecule has 0 aliphatic carbocycles. The van der Waals surface area contributed by atoms with Gasteiger partial charge in [-0.15, -0.1) is 0 Å². The normalized spacial score (nSPS) is 20.4. The summed E-state index contributed by atoms with van der Waals surface area (Å²) in [6.45, 7) is 12.0. The number of nitrogens with zero attached hydrogens (tertiary/aromatic N) is 1. The molecule has 1 N–H and O–H groups in total. The topological polar surface area (TPSA) is 37.6 Å². The number of ether oxygens (including phenoxy) is 1. The van der Waals surface area contributed by atoms with E-state index in [1.54, 1.807) is 0 Å². The molecule has 0 amide bonds. The molecule has 2 heterocycles. The number of hydrogen-bond acceptors (Lipinski definition) is 4. The van der Waals surface area contributed by atoms with E-state index in [0.717, 1.165) is 50.9 Å². The molecule has 114 valence electrons. The Hall–Kier alpha value is -0.840. The molecule has 1 aromatic rings. The summed E-state index contributed by atoms with van der Waals surface area (Å²) in [5.41, 5.74) is 1.25. The first-order valence-corrected chi connectivity index (χ1v) is 7.85. The van der Waals surface area contributed by atoms with Gasteiger partial charge in [-0.2, -0.15) is 0 Å². The summed E-state index contributed by atoms with van der Waals surface area (Å²) in [5.74, 6) is 2.15. The van der Waals surface area contributed by atoms with Gasteiger partial charge >= 0.3 is 0 Å². The highest BCUT2D eigenvalue weighted by Crippen LogP contribution is 2.19. The first kappa shape index (κ1) is 15.5. The van der Waals surface area contributed by atoms with Gasteiger partial charge in [0.1, 0.15) is 11.5 Å². The lowest BCUT2D eigenvalue weighted by molar-refractivity contribution is 0.00193. The fourth-order valence-corrected chi connectivity index (χ4v) is 2.83. The predicted molar refractivity (Wildman–Crippen MR) is 80.8 cm³/mol. The molecule has 1 aliphatic heterocycles. The van der Waals surface area contributed by atoms with E-state index in [2.05, 4.69) is 37.1 Å². The van der Waals surface area contributed by atoms with Crippen LogP contribution in [0.2, 0.25) is 0 Å². The smallest absolute Gasteiger partial charge is 0.120 e. The third-order valence-electron chi connectivity index (χ3n) is 3.85. The van der Waals surface area contributed by atoms with Crippen LogP contribution >= 0.6 is 0 Å². The predicted octanol–water partition coefficient (Wildman–Crippen LogP) is 2.70. The number of hydrogen-bond donors (Lipinski definition) is 1. The second-order valence-corrected chi connectivity index (χ2v) is 5.55. The van der Waals surface area contributed by atoms with Gasteiger partial charge in [-0.05, 0) is 51.4 Å². The Balaban J connectivity index is 1.89. The summed E-state index contributed by atoms with van der Waals surface area (Å²) >= 11 is 0. The summed E-state index contributed by atoms with van der Waals surface area (Å²) in [6, 6.07) is 2.18. The van der Waals surface area contributed by atoms with Gasteiger partial charge < -0.3 is 14.5 Å². The third kappa shape index (κ3) is 4.33. The molecule has 1 atom stereocenters. The lowest BCUT2D eigenvalue weighted by atomic mass is 10.1. The van der Waals surface area contributed by atoms with E-state index in [1.807, 2.05) is 0 Å². The number of likely N-dealkylation sites (tertiary alicyclic amines) is 1. The van der Waals surface area contributed by atoms with E-state index in [4.69, 9.17) is 9.15 Å². The summed E-state index contributed by atoms with van der Waals surface area (Å²) in [4.78, 5) is 2.44. The van der Waals surface area contributed by atoms with Crippen molar-refractivity contribution in [2.45, 2.75) is 52.8 Å². The third-order valence-corrected chi connectivity index (χ3v) is 3.85. The van der Waals surface area contributed by atoms with Crippen molar-refractivity contribution in [2.24, 2.45) is 0 Å². The fourth-order valence-electron chi connectivity index (χ4n) is 2.83. The van der Waals surface area contributed by atoms with Gasteiger partial charge in [0.05, 0.1) is 19.2 Å². The maximum absolute atomic E-state index is 5.97. The Morgan fingerprint density at radius 3 is 3.05 bits per heavy atom. The van der Waals surface area contributed by atoms with E-state index in [1.165, 1.54) is 18.4 Å². The van der Waals surface area contributed by atoms with Gasteiger partial charge in [0.15, 0.2) is 0 Å². The second kappa shape index (κ2) is 7.81. The van der Waals surface area contributed by atoms with Crippen molar-refractivity contribution in [2.75, 3.05) is 26.2 Å². The SMILES string of the molecule is CCNCc1oc(CN2CCCC(OCC)C2)cc1C. The zero-order valence-electron chi connectivity index (χ0n) is 13.1. The van der Waals surface area contributed by atoms with Crippen LogP contribution in [0.3, 0.4) is 0 Å². The van der Waals surface area contributed by atoms with Crippen LogP contribution in [-0.4, -0.2) is 37.2 Å². The van der Waals surface area contributed by atoms with Gasteiger partial charge in [0, 0.05) is 13.2 Å². The number of piperidine rings is 1. The molecule has 20 heavy (non-hydrogen) atoms. The zero-order chi connectivity index (χ0) is 14.4. The number of nitrogens with one attached hydrogen (secondary N) is 1. The minimum absolute atomic E-state index is 0.394. The van der Waals surface area contributed by atoms with Gasteiger partial charge in [0.25, 0.3) is 0 Å². The van der Waals surface area contributed by atoms with Crippen LogP contribution in [-0.2, 0) is 17.8 Å². The molecule has 1 aliphatic rings. The zero-order valence-corrected chi connectivity index (χ0v) is 13.1. The molecule has 0 saturated carbocycles. The second-order valence-electron chi connectivity index (χ2n) is 5.55. The average molecular weight is 280 g/mol. The summed E-state index contributed by atoms with van der Waals surface area (Å²) in [7, 11) is 0. The van der Waals surface area contributed by atoms with Crippen molar-refractivity contribution in [1.82, 2.24) is 10.2 Å². The van der Waals surface area contributed by atoms with Gasteiger partial charge in [0.2, 0.25) is 0 Å². The first-order valence-electron chi connectivity index (χ1n) is 7.85. The van der Waals surface area contributed by atoms with Gasteiger partial charge in [-0.3, -0.25) is 4.90 Å². The van der Waals surface area contributed by atoms with E-state index >= 15 is 0 Å². The molecule has 1 saturated heterocycles. The largest absolute Gasteiger partial charge is 0.463 e. The van der Waals surface area contributed by atoms with E-state index in [-0.39, 0.29) is 0 Å². The maximum atomic E-state index is 5.97. The summed E-state index contributed by atoms with van der Waals surface area (Å²) < 4.78 is 11.7. The highest BCUT2D eigenvalue weighted by atomic mass is 16.5. The minimum atomic E-state index is 0.394. The lowest BCUT2D eigenvalue weighted by Gasteiger charge is -2.31. The molecule has 1 fully saturated rings. The van der Waals surface area contributed by atoms with Crippen molar-refractivity contribution in [3.8, 4) is 0 Å². The highest BCUT2D eigenvalue weighted by molar-refractivity contribution is 5.20. The maximum Gasteiger partial charge on any atom is 0.120 e. The van der Waals surface area contributed by atoms with Crippen LogP contribution < -0.4 is 5.32 Å². The van der Waals surface area contributed by atoms with Crippen LogP contribution in [0, 0.1) is 6.92 Å². The molecule has 2 rings (SSSR count). The van der Waals surface area contributed by atoms with E-state index < -0.39 is 0 Å². The van der Waals surface area contributed by atoms with Crippen LogP contribution in [0.4, 0.5) is 0 Å². The van der Waals surface area contributed by atoms with Crippen molar-refractivity contribution in [3.63, 3.8) is 0 Å². The van der Waals surface area contributed by atoms with Crippen molar-refractivity contribution < 1.29 is 9.15 Å². The van der Waals surface area contributed by atoms with Gasteiger partial charge in [-0.1, -0.05) is 6.92 Å². The monoisotopic (exact) mass is 280 g/mol. The molecular formula is C16H28N2O2. The van der Waals surface area contributed by atoms with E-state index in [0.29, 0.717) is 6.10 Å². The fraction of sp³-hybridized carbons (Fsp3) is 0.750. The number of aryl methyl sites for hydroxylation is 1. The van der Waals surface area contributed by atoms with Crippen LogP contribution in [0.1, 0.15) is 43.8 Å². The van der Waals surface area contributed by atoms with Crippen molar-refractivity contribution >= 4 is 0 Å². The number of furan rings is 1. The van der Waals surface area contributed by atoms with Crippen LogP contribution in [0.15, 0.2) is 10.5 Å². The summed E-state index contributed by atoms with van der Waals surface area (Å²) in [5, 5.41) is 3.32. The molecule has 0 aromatic carbocycles. The number of rotatable bonds is 7. The Morgan fingerprint density at radius 2 is 2.30 bits per heavy atom. The molecule has 0 spiro atoms. The van der Waals surface area contributed by atoms with Crippen LogP contribution in [0.25, 0.3) is 0 Å². The van der Waals surface area contributed by atoms with Crippen molar-refractivity contribution in [1.29, 1.82) is 0 Å². The Bertz CT molecular complexity index is 401. The molecule has 1 aromatic heterocycles. The standard InChI is InChI=1S/C16H28N2O2/c1-4-17-10-16-13(3)9-15(20-16)12-18-8-6-7-14(11-18)19-5-2/h9,14,17H,4-8,10-12H2,1-3H3. The minimum Gasteiger partial charge on any atom is -0.463 e. The van der Waals surface area contributed by atoms with Crippen LogP contribution in [0.5, 0.6) is 0 Å². The highest BCUT2D eigenvalue weighted by Gasteiger charge is 2.21. The molecule has 0 bridgehead atoms. The van der Waals surface area contributed by atoms with Gasteiger partial charge in [-0.25, -0.2) is 0 Å². The molecule has 4 nitrogen and oxygen atoms in total. The van der Waals surface area contributed by atoms with E-state index in [9.17, 15) is 0 Å².